The van der Waals surface area contributed by atoms with Crippen molar-refractivity contribution in [2.45, 2.75) is 13.3 Å². The van der Waals surface area contributed by atoms with Crippen LogP contribution in [-0.4, -0.2) is 17.6 Å². The first-order chi connectivity index (χ1) is 11.1. The van der Waals surface area contributed by atoms with Gasteiger partial charge < -0.3 is 9.30 Å². The average Bonchev–Trinajstić information content (AvgIpc) is 2.90. The molecule has 3 rings (SSSR count). The molecule has 0 spiro atoms. The minimum absolute atomic E-state index is 0.262. The number of carbonyl (C=O) groups excluding carboxylic acids is 1. The first-order valence-electron chi connectivity index (χ1n) is 7.44. The molecular formula is C18H18N2O2S. The molecule has 0 N–H and O–H groups in total. The summed E-state index contributed by atoms with van der Waals surface area (Å²) in [5.41, 5.74) is 2.89. The number of aryl methyl sites for hydroxylation is 2. The van der Waals surface area contributed by atoms with Crippen LogP contribution in [0, 0.1) is 0 Å². The fraction of sp³-hybridized carbons (Fsp3) is 0.222. The third-order valence-electron chi connectivity index (χ3n) is 3.80. The Balaban J connectivity index is 2.06. The lowest BCUT2D eigenvalue weighted by Crippen LogP contribution is -2.13. The second-order valence-electron chi connectivity index (χ2n) is 5.25. The second-order valence-corrected chi connectivity index (χ2v) is 6.26. The molecule has 0 aliphatic carbocycles. The van der Waals surface area contributed by atoms with Crippen molar-refractivity contribution in [3.05, 3.63) is 58.4 Å². The molecule has 1 amide bonds. The molecule has 0 saturated carbocycles. The number of carbonyl (C=O) groups is 1. The third kappa shape index (κ3) is 3.05. The molecule has 1 heterocycles. The Morgan fingerprint density at radius 3 is 2.83 bits per heavy atom. The highest BCUT2D eigenvalue weighted by molar-refractivity contribution is 7.16. The van der Waals surface area contributed by atoms with Crippen LogP contribution in [0.4, 0.5) is 0 Å². The molecule has 0 aliphatic heterocycles. The zero-order valence-corrected chi connectivity index (χ0v) is 14.2. The molecular weight excluding hydrogens is 308 g/mol. The van der Waals surface area contributed by atoms with Gasteiger partial charge in [0.05, 0.1) is 17.3 Å². The van der Waals surface area contributed by atoms with Gasteiger partial charge in [-0.05, 0) is 42.3 Å². The Hall–Kier alpha value is -2.40. The Bertz CT molecular complexity index is 938. The number of hydrogen-bond donors (Lipinski definition) is 0. The smallest absolute Gasteiger partial charge is 0.279 e. The summed E-state index contributed by atoms with van der Waals surface area (Å²) in [6.45, 7) is 2.13. The quantitative estimate of drug-likeness (QED) is 0.739. The van der Waals surface area contributed by atoms with Crippen molar-refractivity contribution < 1.29 is 9.53 Å². The maximum absolute atomic E-state index is 12.4. The van der Waals surface area contributed by atoms with Crippen LogP contribution in [-0.2, 0) is 13.5 Å². The normalized spacial score (nSPS) is 11.9. The molecule has 0 radical (unpaired) electrons. The third-order valence-corrected chi connectivity index (χ3v) is 4.89. The number of fused-ring (bicyclic) bond motifs is 1. The number of aromatic nitrogens is 1. The summed E-state index contributed by atoms with van der Waals surface area (Å²) in [6, 6.07) is 13.4. The summed E-state index contributed by atoms with van der Waals surface area (Å²) in [7, 11) is 3.51. The first-order valence-corrected chi connectivity index (χ1v) is 8.25. The van der Waals surface area contributed by atoms with E-state index >= 15 is 0 Å². The molecule has 118 valence electrons. The van der Waals surface area contributed by atoms with Crippen molar-refractivity contribution in [2.24, 2.45) is 12.0 Å². The maximum Gasteiger partial charge on any atom is 0.279 e. The van der Waals surface area contributed by atoms with Gasteiger partial charge in [0.25, 0.3) is 5.91 Å². The zero-order valence-electron chi connectivity index (χ0n) is 13.4. The minimum Gasteiger partial charge on any atom is -0.497 e. The van der Waals surface area contributed by atoms with Crippen LogP contribution in [0.5, 0.6) is 5.75 Å². The second kappa shape index (κ2) is 6.38. The molecule has 0 aliphatic rings. The van der Waals surface area contributed by atoms with E-state index < -0.39 is 0 Å². The molecule has 4 nitrogen and oxygen atoms in total. The van der Waals surface area contributed by atoms with Crippen LogP contribution in [0.3, 0.4) is 0 Å². The van der Waals surface area contributed by atoms with Gasteiger partial charge in [-0.2, -0.15) is 4.99 Å². The van der Waals surface area contributed by atoms with Gasteiger partial charge in [0.1, 0.15) is 5.75 Å². The lowest BCUT2D eigenvalue weighted by molar-refractivity contribution is 0.0997. The Morgan fingerprint density at radius 2 is 2.09 bits per heavy atom. The Morgan fingerprint density at radius 1 is 1.26 bits per heavy atom. The number of amides is 1. The van der Waals surface area contributed by atoms with E-state index in [0.717, 1.165) is 16.6 Å². The average molecular weight is 326 g/mol. The number of hydrogen-bond acceptors (Lipinski definition) is 3. The monoisotopic (exact) mass is 326 g/mol. The van der Waals surface area contributed by atoms with E-state index in [1.54, 1.807) is 25.3 Å². The van der Waals surface area contributed by atoms with E-state index in [1.165, 1.54) is 16.9 Å². The highest BCUT2D eigenvalue weighted by atomic mass is 32.1. The van der Waals surface area contributed by atoms with Gasteiger partial charge >= 0.3 is 0 Å². The van der Waals surface area contributed by atoms with Crippen LogP contribution in [0.2, 0.25) is 0 Å². The van der Waals surface area contributed by atoms with Crippen LogP contribution in [0.15, 0.2) is 47.5 Å². The molecule has 0 saturated heterocycles. The topological polar surface area (TPSA) is 43.6 Å². The van der Waals surface area contributed by atoms with Crippen molar-refractivity contribution in [1.29, 1.82) is 0 Å². The largest absolute Gasteiger partial charge is 0.497 e. The number of thiazole rings is 1. The molecule has 0 fully saturated rings. The van der Waals surface area contributed by atoms with E-state index in [0.29, 0.717) is 16.1 Å². The van der Waals surface area contributed by atoms with Crippen LogP contribution < -0.4 is 9.54 Å². The van der Waals surface area contributed by atoms with Crippen molar-refractivity contribution in [3.8, 4) is 5.75 Å². The highest BCUT2D eigenvalue weighted by Crippen LogP contribution is 2.19. The SMILES string of the molecule is CCc1ccc2c(c1)sc(=NC(=O)c1cccc(OC)c1)n2C. The summed E-state index contributed by atoms with van der Waals surface area (Å²) < 4.78 is 8.25. The molecule has 0 bridgehead atoms. The predicted octanol–water partition coefficient (Wildman–Crippen LogP) is 3.55. The summed E-state index contributed by atoms with van der Waals surface area (Å²) in [5.74, 6) is 0.390. The van der Waals surface area contributed by atoms with E-state index in [1.807, 2.05) is 17.7 Å². The Kier molecular flexibility index (Phi) is 4.30. The van der Waals surface area contributed by atoms with Crippen molar-refractivity contribution in [1.82, 2.24) is 4.57 Å². The lowest BCUT2D eigenvalue weighted by atomic mass is 10.2. The predicted molar refractivity (Wildman–Crippen MR) is 93.1 cm³/mol. The molecule has 0 atom stereocenters. The number of rotatable bonds is 3. The standard InChI is InChI=1S/C18H18N2O2S/c1-4-12-8-9-15-16(10-12)23-18(20(15)2)19-17(21)13-6-5-7-14(11-13)22-3/h5-11H,4H2,1-3H3. The van der Waals surface area contributed by atoms with Gasteiger partial charge in [-0.25, -0.2) is 0 Å². The summed E-state index contributed by atoms with van der Waals surface area (Å²) in [4.78, 5) is 17.4. The van der Waals surface area contributed by atoms with Gasteiger partial charge in [0.15, 0.2) is 4.80 Å². The fourth-order valence-electron chi connectivity index (χ4n) is 2.41. The molecule has 5 heteroatoms. The number of methoxy groups -OCH3 is 1. The van der Waals surface area contributed by atoms with Crippen molar-refractivity contribution in [2.75, 3.05) is 7.11 Å². The van der Waals surface area contributed by atoms with E-state index in [4.69, 9.17) is 4.74 Å². The summed E-state index contributed by atoms with van der Waals surface area (Å²) in [5, 5.41) is 0. The number of nitrogens with zero attached hydrogens (tertiary/aromatic N) is 2. The molecule has 3 aromatic rings. The molecule has 23 heavy (non-hydrogen) atoms. The van der Waals surface area contributed by atoms with Gasteiger partial charge in [-0.1, -0.05) is 30.4 Å². The van der Waals surface area contributed by atoms with Gasteiger partial charge in [0.2, 0.25) is 0 Å². The van der Waals surface area contributed by atoms with Crippen molar-refractivity contribution >= 4 is 27.5 Å². The van der Waals surface area contributed by atoms with E-state index in [9.17, 15) is 4.79 Å². The van der Waals surface area contributed by atoms with Crippen LogP contribution >= 0.6 is 11.3 Å². The number of benzene rings is 2. The van der Waals surface area contributed by atoms with Crippen LogP contribution in [0.1, 0.15) is 22.8 Å². The fourth-order valence-corrected chi connectivity index (χ4v) is 3.49. The minimum atomic E-state index is -0.262. The Labute approximate surface area is 138 Å². The maximum atomic E-state index is 12.4. The number of ether oxygens (including phenoxy) is 1. The van der Waals surface area contributed by atoms with Crippen molar-refractivity contribution in [3.63, 3.8) is 0 Å². The van der Waals surface area contributed by atoms with Gasteiger partial charge in [0, 0.05) is 12.6 Å². The molecule has 2 aromatic carbocycles. The van der Waals surface area contributed by atoms with Gasteiger partial charge in [-0.15, -0.1) is 0 Å². The lowest BCUT2D eigenvalue weighted by Gasteiger charge is -2.00. The van der Waals surface area contributed by atoms with Crippen LogP contribution in [0.25, 0.3) is 10.2 Å². The van der Waals surface area contributed by atoms with Gasteiger partial charge in [-0.3, -0.25) is 4.79 Å². The highest BCUT2D eigenvalue weighted by Gasteiger charge is 2.08. The molecule has 1 aromatic heterocycles. The zero-order chi connectivity index (χ0) is 16.4. The van der Waals surface area contributed by atoms with E-state index in [2.05, 4.69) is 30.1 Å². The summed E-state index contributed by atoms with van der Waals surface area (Å²) in [6.07, 6.45) is 0.993. The van der Waals surface area contributed by atoms with E-state index in [-0.39, 0.29) is 5.91 Å². The first kappa shape index (κ1) is 15.5. The summed E-state index contributed by atoms with van der Waals surface area (Å²) >= 11 is 1.53. The molecule has 0 unspecified atom stereocenters.